The van der Waals surface area contributed by atoms with Gasteiger partial charge in [0.25, 0.3) is 0 Å². The Kier molecular flexibility index (Phi) is 2.50. The lowest BCUT2D eigenvalue weighted by molar-refractivity contribution is 0.509. The molecule has 1 saturated carbocycles. The first-order chi connectivity index (χ1) is 8.49. The van der Waals surface area contributed by atoms with Gasteiger partial charge in [0.2, 0.25) is 0 Å². The van der Waals surface area contributed by atoms with Crippen LogP contribution >= 0.6 is 11.3 Å². The van der Waals surface area contributed by atoms with Crippen LogP contribution in [0.1, 0.15) is 23.4 Å². The Hall–Kier alpha value is -1.33. The van der Waals surface area contributed by atoms with Gasteiger partial charge >= 0.3 is 0 Å². The van der Waals surface area contributed by atoms with Crippen molar-refractivity contribution in [1.29, 1.82) is 0 Å². The molecule has 0 aliphatic heterocycles. The highest BCUT2D eigenvalue weighted by Gasteiger charge is 2.43. The number of thiazole rings is 1. The van der Waals surface area contributed by atoms with Gasteiger partial charge < -0.3 is 5.73 Å². The van der Waals surface area contributed by atoms with Gasteiger partial charge in [-0.2, -0.15) is 0 Å². The minimum Gasteiger partial charge on any atom is -0.321 e. The molecular formula is C13H12F2N2S. The molecule has 0 saturated heterocycles. The first-order valence-electron chi connectivity index (χ1n) is 5.72. The Morgan fingerprint density at radius 3 is 2.61 bits per heavy atom. The monoisotopic (exact) mass is 266 g/mol. The van der Waals surface area contributed by atoms with Crippen LogP contribution in [0.15, 0.2) is 18.2 Å². The molecule has 2 nitrogen and oxygen atoms in total. The topological polar surface area (TPSA) is 38.9 Å². The zero-order valence-corrected chi connectivity index (χ0v) is 10.7. The summed E-state index contributed by atoms with van der Waals surface area (Å²) in [6, 6.07) is 3.83. The molecule has 1 aliphatic carbocycles. The molecule has 0 bridgehead atoms. The number of hydrogen-bond acceptors (Lipinski definition) is 3. The molecule has 0 atom stereocenters. The summed E-state index contributed by atoms with van der Waals surface area (Å²) in [5.74, 6) is -1.69. The molecule has 1 fully saturated rings. The Morgan fingerprint density at radius 1 is 1.28 bits per heavy atom. The summed E-state index contributed by atoms with van der Waals surface area (Å²) in [6.45, 7) is 1.90. The van der Waals surface area contributed by atoms with Gasteiger partial charge in [0.15, 0.2) is 11.6 Å². The second-order valence-corrected chi connectivity index (χ2v) is 5.72. The van der Waals surface area contributed by atoms with Gasteiger partial charge in [-0.15, -0.1) is 11.3 Å². The van der Waals surface area contributed by atoms with E-state index in [2.05, 4.69) is 4.98 Å². The SMILES string of the molecule is Cc1nc(-c2ccc(F)c(F)c2)sc1C1(N)CC1. The standard InChI is InChI=1S/C13H12F2N2S/c1-7-11(13(16)4-5-13)18-12(17-7)8-2-3-9(14)10(15)6-8/h2-3,6H,4-5,16H2,1H3. The number of hydrogen-bond donors (Lipinski definition) is 1. The van der Waals surface area contributed by atoms with Crippen molar-refractivity contribution in [3.8, 4) is 10.6 Å². The lowest BCUT2D eigenvalue weighted by Crippen LogP contribution is -2.18. The summed E-state index contributed by atoms with van der Waals surface area (Å²) in [5, 5.41) is 0.693. The molecule has 1 aromatic heterocycles. The largest absolute Gasteiger partial charge is 0.321 e. The van der Waals surface area contributed by atoms with E-state index in [0.29, 0.717) is 10.6 Å². The number of halogens is 2. The van der Waals surface area contributed by atoms with Crippen LogP contribution in [0.2, 0.25) is 0 Å². The molecule has 3 rings (SSSR count). The van der Waals surface area contributed by atoms with E-state index in [-0.39, 0.29) is 5.54 Å². The number of nitrogens with zero attached hydrogens (tertiary/aromatic N) is 1. The van der Waals surface area contributed by atoms with E-state index in [9.17, 15) is 8.78 Å². The molecule has 2 N–H and O–H groups in total. The average Bonchev–Trinajstić information content (AvgIpc) is 2.94. The van der Waals surface area contributed by atoms with Crippen LogP contribution in [0.25, 0.3) is 10.6 Å². The van der Waals surface area contributed by atoms with Gasteiger partial charge in [-0.25, -0.2) is 13.8 Å². The van der Waals surface area contributed by atoms with Crippen LogP contribution in [-0.2, 0) is 5.54 Å². The fourth-order valence-electron chi connectivity index (χ4n) is 1.97. The van der Waals surface area contributed by atoms with Crippen molar-refractivity contribution in [3.63, 3.8) is 0 Å². The second-order valence-electron chi connectivity index (χ2n) is 4.72. The van der Waals surface area contributed by atoms with Gasteiger partial charge in [0, 0.05) is 10.4 Å². The third-order valence-corrected chi connectivity index (χ3v) is 4.63. The summed E-state index contributed by atoms with van der Waals surface area (Å²) in [6.07, 6.45) is 1.93. The summed E-state index contributed by atoms with van der Waals surface area (Å²) in [7, 11) is 0. The second kappa shape index (κ2) is 3.83. The number of aryl methyl sites for hydroxylation is 1. The number of nitrogens with two attached hydrogens (primary N) is 1. The minimum absolute atomic E-state index is 0.238. The van der Waals surface area contributed by atoms with Gasteiger partial charge in [-0.3, -0.25) is 0 Å². The number of benzene rings is 1. The molecule has 0 radical (unpaired) electrons. The van der Waals surface area contributed by atoms with E-state index in [1.165, 1.54) is 23.5 Å². The Bertz CT molecular complexity index is 617. The number of aromatic nitrogens is 1. The Labute approximate surface area is 107 Å². The molecule has 1 aromatic carbocycles. The van der Waals surface area contributed by atoms with Crippen molar-refractivity contribution in [2.45, 2.75) is 25.3 Å². The summed E-state index contributed by atoms with van der Waals surface area (Å²) < 4.78 is 26.1. The van der Waals surface area contributed by atoms with E-state index in [0.717, 1.165) is 29.5 Å². The van der Waals surface area contributed by atoms with Crippen molar-refractivity contribution in [2.24, 2.45) is 5.73 Å². The lowest BCUT2D eigenvalue weighted by atomic mass is 10.2. The summed E-state index contributed by atoms with van der Waals surface area (Å²) in [4.78, 5) is 5.47. The van der Waals surface area contributed by atoms with Crippen LogP contribution < -0.4 is 5.73 Å². The van der Waals surface area contributed by atoms with Crippen LogP contribution in [0.4, 0.5) is 8.78 Å². The van der Waals surface area contributed by atoms with Gasteiger partial charge in [-0.05, 0) is 38.0 Å². The minimum atomic E-state index is -0.851. The van der Waals surface area contributed by atoms with Gasteiger partial charge in [0.05, 0.1) is 11.2 Å². The van der Waals surface area contributed by atoms with Gasteiger partial charge in [0.1, 0.15) is 5.01 Å². The molecule has 0 unspecified atom stereocenters. The van der Waals surface area contributed by atoms with E-state index >= 15 is 0 Å². The normalized spacial score (nSPS) is 16.9. The molecule has 0 amide bonds. The van der Waals surface area contributed by atoms with Crippen molar-refractivity contribution in [2.75, 3.05) is 0 Å². The smallest absolute Gasteiger partial charge is 0.159 e. The quantitative estimate of drug-likeness (QED) is 0.905. The molecule has 2 aromatic rings. The molecule has 18 heavy (non-hydrogen) atoms. The molecular weight excluding hydrogens is 254 g/mol. The first kappa shape index (κ1) is 11.7. The summed E-state index contributed by atoms with van der Waals surface area (Å²) >= 11 is 1.47. The zero-order valence-electron chi connectivity index (χ0n) is 9.84. The van der Waals surface area contributed by atoms with Crippen LogP contribution in [0.3, 0.4) is 0 Å². The lowest BCUT2D eigenvalue weighted by Gasteiger charge is -2.04. The van der Waals surface area contributed by atoms with Crippen molar-refractivity contribution in [1.82, 2.24) is 4.98 Å². The zero-order chi connectivity index (χ0) is 12.9. The predicted molar refractivity (Wildman–Crippen MR) is 67.3 cm³/mol. The van der Waals surface area contributed by atoms with Crippen LogP contribution in [-0.4, -0.2) is 4.98 Å². The third kappa shape index (κ3) is 1.83. The maximum absolute atomic E-state index is 13.2. The highest BCUT2D eigenvalue weighted by atomic mass is 32.1. The maximum Gasteiger partial charge on any atom is 0.159 e. The fourth-order valence-corrected chi connectivity index (χ4v) is 3.19. The Balaban J connectivity index is 2.04. The Morgan fingerprint density at radius 2 is 2.00 bits per heavy atom. The average molecular weight is 266 g/mol. The van der Waals surface area contributed by atoms with Crippen LogP contribution in [0.5, 0.6) is 0 Å². The molecule has 0 spiro atoms. The molecule has 1 heterocycles. The molecule has 1 aliphatic rings. The van der Waals surface area contributed by atoms with E-state index in [4.69, 9.17) is 5.73 Å². The van der Waals surface area contributed by atoms with Crippen LogP contribution in [0, 0.1) is 18.6 Å². The molecule has 5 heteroatoms. The molecule has 94 valence electrons. The van der Waals surface area contributed by atoms with Crippen molar-refractivity contribution >= 4 is 11.3 Å². The first-order valence-corrected chi connectivity index (χ1v) is 6.53. The van der Waals surface area contributed by atoms with E-state index < -0.39 is 11.6 Å². The van der Waals surface area contributed by atoms with E-state index in [1.807, 2.05) is 6.92 Å². The van der Waals surface area contributed by atoms with E-state index in [1.54, 1.807) is 0 Å². The maximum atomic E-state index is 13.2. The highest BCUT2D eigenvalue weighted by Crippen LogP contribution is 2.47. The van der Waals surface area contributed by atoms with Gasteiger partial charge in [-0.1, -0.05) is 0 Å². The summed E-state index contributed by atoms with van der Waals surface area (Å²) in [5.41, 5.74) is 7.40. The van der Waals surface area contributed by atoms with Crippen molar-refractivity contribution < 1.29 is 8.78 Å². The predicted octanol–water partition coefficient (Wildman–Crippen LogP) is 3.34. The highest BCUT2D eigenvalue weighted by molar-refractivity contribution is 7.15. The third-order valence-electron chi connectivity index (χ3n) is 3.20. The number of rotatable bonds is 2. The fraction of sp³-hybridized carbons (Fsp3) is 0.308. The van der Waals surface area contributed by atoms with Crippen molar-refractivity contribution in [3.05, 3.63) is 40.4 Å².